The molecule has 1 fully saturated rings. The molecule has 28 heavy (non-hydrogen) atoms. The predicted molar refractivity (Wildman–Crippen MR) is 115 cm³/mol. The number of aromatic nitrogens is 2. The molecule has 1 aromatic carbocycles. The van der Waals surface area contributed by atoms with Crippen LogP contribution in [0.15, 0.2) is 29.1 Å². The van der Waals surface area contributed by atoms with Crippen LogP contribution in [0.2, 0.25) is 0 Å². The lowest BCUT2D eigenvalue weighted by Crippen LogP contribution is -2.47. The van der Waals surface area contributed by atoms with Gasteiger partial charge < -0.3 is 14.5 Å². The summed E-state index contributed by atoms with van der Waals surface area (Å²) in [6.07, 6.45) is 5.47. The molecule has 1 aromatic heterocycles. The van der Waals surface area contributed by atoms with Gasteiger partial charge in [0.25, 0.3) is 5.56 Å². The fourth-order valence-corrected chi connectivity index (χ4v) is 3.74. The molecule has 1 N–H and O–H groups in total. The lowest BCUT2D eigenvalue weighted by atomic mass is 10.1. The number of nitrogens with zero attached hydrogens (tertiary/aromatic N) is 3. The second-order valence-electron chi connectivity index (χ2n) is 7.44. The zero-order valence-electron chi connectivity index (χ0n) is 17.3. The number of aromatic amines is 1. The first-order chi connectivity index (χ1) is 13.6. The maximum absolute atomic E-state index is 12.6. The van der Waals surface area contributed by atoms with Crippen molar-refractivity contribution in [3.05, 3.63) is 45.9 Å². The van der Waals surface area contributed by atoms with Crippen LogP contribution in [-0.2, 0) is 6.42 Å². The largest absolute Gasteiger partial charge is 0.497 e. The monoisotopic (exact) mass is 384 g/mol. The minimum Gasteiger partial charge on any atom is -0.497 e. The Balaban J connectivity index is 1.61. The van der Waals surface area contributed by atoms with E-state index in [-0.39, 0.29) is 5.56 Å². The smallest absolute Gasteiger partial charge is 0.255 e. The van der Waals surface area contributed by atoms with E-state index in [0.29, 0.717) is 5.95 Å². The average molecular weight is 385 g/mol. The third-order valence-corrected chi connectivity index (χ3v) is 5.51. The van der Waals surface area contributed by atoms with Crippen molar-refractivity contribution >= 4 is 11.6 Å². The van der Waals surface area contributed by atoms with Crippen molar-refractivity contribution < 1.29 is 4.74 Å². The van der Waals surface area contributed by atoms with E-state index in [9.17, 15) is 4.79 Å². The first-order valence-corrected chi connectivity index (χ1v) is 10.4. The summed E-state index contributed by atoms with van der Waals surface area (Å²) in [6, 6.07) is 8.16. The van der Waals surface area contributed by atoms with Crippen LogP contribution in [0.1, 0.15) is 43.9 Å². The van der Waals surface area contributed by atoms with Gasteiger partial charge in [0.1, 0.15) is 5.75 Å². The van der Waals surface area contributed by atoms with Gasteiger partial charge in [-0.25, -0.2) is 4.98 Å². The van der Waals surface area contributed by atoms with Gasteiger partial charge in [0.2, 0.25) is 5.95 Å². The third-order valence-electron chi connectivity index (χ3n) is 5.51. The summed E-state index contributed by atoms with van der Waals surface area (Å²) < 4.78 is 5.23. The zero-order chi connectivity index (χ0) is 19.9. The summed E-state index contributed by atoms with van der Waals surface area (Å²) in [6.45, 7) is 7.63. The Hall–Kier alpha value is -2.50. The highest BCUT2D eigenvalue weighted by molar-refractivity contribution is 5.50. The van der Waals surface area contributed by atoms with Crippen molar-refractivity contribution in [3.63, 3.8) is 0 Å². The topological polar surface area (TPSA) is 61.5 Å². The molecular weight excluding hydrogens is 352 g/mol. The molecule has 0 atom stereocenters. The molecule has 1 aliphatic rings. The van der Waals surface area contributed by atoms with Crippen molar-refractivity contribution in [2.24, 2.45) is 0 Å². The highest BCUT2D eigenvalue weighted by atomic mass is 16.5. The predicted octanol–water partition coefficient (Wildman–Crippen LogP) is 3.54. The van der Waals surface area contributed by atoms with Gasteiger partial charge in [0.15, 0.2) is 0 Å². The molecule has 3 rings (SSSR count). The molecule has 152 valence electrons. The Bertz CT molecular complexity index is 808. The number of piperazine rings is 1. The van der Waals surface area contributed by atoms with Crippen molar-refractivity contribution in [1.29, 1.82) is 0 Å². The molecule has 6 nitrogen and oxygen atoms in total. The number of nitrogens with one attached hydrogen (secondary N) is 1. The van der Waals surface area contributed by atoms with Crippen LogP contribution in [0.4, 0.5) is 11.6 Å². The molecule has 6 heteroatoms. The van der Waals surface area contributed by atoms with Gasteiger partial charge in [-0.15, -0.1) is 0 Å². The van der Waals surface area contributed by atoms with Gasteiger partial charge >= 0.3 is 0 Å². The Morgan fingerprint density at radius 2 is 1.71 bits per heavy atom. The Morgan fingerprint density at radius 1 is 1.04 bits per heavy atom. The quantitative estimate of drug-likeness (QED) is 0.706. The first kappa shape index (κ1) is 20.2. The number of methoxy groups -OCH3 is 1. The zero-order valence-corrected chi connectivity index (χ0v) is 17.3. The molecule has 0 radical (unpaired) electrons. The summed E-state index contributed by atoms with van der Waals surface area (Å²) in [5.41, 5.74) is 2.93. The highest BCUT2D eigenvalue weighted by Gasteiger charge is 2.20. The molecule has 2 aromatic rings. The van der Waals surface area contributed by atoms with Crippen LogP contribution in [-0.4, -0.2) is 43.3 Å². The maximum Gasteiger partial charge on any atom is 0.255 e. The Morgan fingerprint density at radius 3 is 2.32 bits per heavy atom. The number of H-pyrrole nitrogens is 1. The molecule has 1 aliphatic heterocycles. The summed E-state index contributed by atoms with van der Waals surface area (Å²) in [5, 5.41) is 0. The number of benzene rings is 1. The van der Waals surface area contributed by atoms with Crippen LogP contribution >= 0.6 is 0 Å². The van der Waals surface area contributed by atoms with Crippen LogP contribution in [0, 0.1) is 6.92 Å². The van der Waals surface area contributed by atoms with Crippen LogP contribution < -0.4 is 20.1 Å². The van der Waals surface area contributed by atoms with Crippen molar-refractivity contribution in [3.8, 4) is 5.75 Å². The van der Waals surface area contributed by atoms with Gasteiger partial charge in [-0.2, -0.15) is 0 Å². The van der Waals surface area contributed by atoms with Crippen LogP contribution in [0.25, 0.3) is 0 Å². The lowest BCUT2D eigenvalue weighted by Gasteiger charge is -2.36. The van der Waals surface area contributed by atoms with E-state index in [0.717, 1.165) is 56.0 Å². The minimum absolute atomic E-state index is 0.0246. The summed E-state index contributed by atoms with van der Waals surface area (Å²) >= 11 is 0. The standard InChI is InChI=1S/C22H32N4O2/c1-4-5-6-7-8-20-17(2)23-22(24-21(20)27)26-15-13-25(14-16-26)18-9-11-19(28-3)12-10-18/h9-12H,4-8,13-16H2,1-3H3,(H,23,24,27). The number of hydrogen-bond acceptors (Lipinski definition) is 5. The lowest BCUT2D eigenvalue weighted by molar-refractivity contribution is 0.415. The van der Waals surface area contributed by atoms with Crippen LogP contribution in [0.5, 0.6) is 5.75 Å². The van der Waals surface area contributed by atoms with E-state index in [2.05, 4.69) is 33.8 Å². The van der Waals surface area contributed by atoms with Crippen molar-refractivity contribution in [1.82, 2.24) is 9.97 Å². The molecule has 0 amide bonds. The second-order valence-corrected chi connectivity index (χ2v) is 7.44. The molecule has 0 saturated carbocycles. The van der Waals surface area contributed by atoms with Crippen molar-refractivity contribution in [2.75, 3.05) is 43.1 Å². The summed E-state index contributed by atoms with van der Waals surface area (Å²) in [5.74, 6) is 1.57. The second kappa shape index (κ2) is 9.62. The number of unbranched alkanes of at least 4 members (excludes halogenated alkanes) is 3. The molecular formula is C22H32N4O2. The highest BCUT2D eigenvalue weighted by Crippen LogP contribution is 2.21. The number of aryl methyl sites for hydroxylation is 1. The Labute approximate surface area is 167 Å². The molecule has 2 heterocycles. The van der Waals surface area contributed by atoms with Gasteiger partial charge in [-0.3, -0.25) is 9.78 Å². The van der Waals surface area contributed by atoms with Gasteiger partial charge in [-0.05, 0) is 44.0 Å². The maximum atomic E-state index is 12.6. The molecule has 0 spiro atoms. The molecule has 1 saturated heterocycles. The Kier molecular flexibility index (Phi) is 6.95. The number of rotatable bonds is 8. The molecule has 0 unspecified atom stereocenters. The average Bonchev–Trinajstić information content (AvgIpc) is 2.73. The van der Waals surface area contributed by atoms with E-state index in [4.69, 9.17) is 9.72 Å². The fourth-order valence-electron chi connectivity index (χ4n) is 3.74. The molecule has 0 bridgehead atoms. The molecule has 0 aliphatic carbocycles. The van der Waals surface area contributed by atoms with Crippen LogP contribution in [0.3, 0.4) is 0 Å². The minimum atomic E-state index is 0.0246. The van der Waals surface area contributed by atoms with E-state index < -0.39 is 0 Å². The van der Waals surface area contributed by atoms with E-state index in [1.165, 1.54) is 24.9 Å². The first-order valence-electron chi connectivity index (χ1n) is 10.4. The normalized spacial score (nSPS) is 14.4. The van der Waals surface area contributed by atoms with E-state index in [1.807, 2.05) is 19.1 Å². The van der Waals surface area contributed by atoms with E-state index in [1.54, 1.807) is 7.11 Å². The third kappa shape index (κ3) is 4.86. The number of hydrogen-bond donors (Lipinski definition) is 1. The summed E-state index contributed by atoms with van der Waals surface area (Å²) in [4.78, 5) is 24.8. The van der Waals surface area contributed by atoms with Gasteiger partial charge in [0, 0.05) is 43.1 Å². The number of anilines is 2. The van der Waals surface area contributed by atoms with Gasteiger partial charge in [0.05, 0.1) is 7.11 Å². The van der Waals surface area contributed by atoms with Crippen molar-refractivity contribution in [2.45, 2.75) is 46.0 Å². The SMILES string of the molecule is CCCCCCc1c(C)nc(N2CCN(c3ccc(OC)cc3)CC2)[nH]c1=O. The number of ether oxygens (including phenoxy) is 1. The summed E-state index contributed by atoms with van der Waals surface area (Å²) in [7, 11) is 1.68. The fraction of sp³-hybridized carbons (Fsp3) is 0.545. The van der Waals surface area contributed by atoms with Gasteiger partial charge in [-0.1, -0.05) is 26.2 Å². The van der Waals surface area contributed by atoms with E-state index >= 15 is 0 Å².